The van der Waals surface area contributed by atoms with Crippen molar-refractivity contribution in [3.8, 4) is 5.75 Å². The van der Waals surface area contributed by atoms with Gasteiger partial charge in [-0.05, 0) is 54.7 Å². The summed E-state index contributed by atoms with van der Waals surface area (Å²) in [6.45, 7) is 0. The van der Waals surface area contributed by atoms with Crippen LogP contribution in [0.3, 0.4) is 0 Å². The van der Waals surface area contributed by atoms with E-state index >= 15 is 0 Å². The number of fused-ring (bicyclic) bond motifs is 1. The molecule has 2 aromatic carbocycles. The largest absolute Gasteiger partial charge is 0.497 e. The van der Waals surface area contributed by atoms with Crippen LogP contribution in [0.4, 0.5) is 11.4 Å². The second-order valence-electron chi connectivity index (χ2n) is 5.24. The van der Waals surface area contributed by atoms with Crippen LogP contribution in [0.25, 0.3) is 0 Å². The first-order valence-corrected chi connectivity index (χ1v) is 7.04. The van der Waals surface area contributed by atoms with Crippen molar-refractivity contribution in [2.45, 2.75) is 19.3 Å². The Balaban J connectivity index is 1.83. The van der Waals surface area contributed by atoms with Crippen molar-refractivity contribution in [2.75, 3.05) is 18.2 Å². The second-order valence-corrected chi connectivity index (χ2v) is 5.24. The van der Waals surface area contributed by atoms with Crippen molar-refractivity contribution in [1.29, 1.82) is 0 Å². The maximum atomic E-state index is 12.4. The van der Waals surface area contributed by atoms with Crippen LogP contribution in [0.1, 0.15) is 27.9 Å². The molecule has 0 fully saturated rings. The quantitative estimate of drug-likeness (QED) is 0.850. The molecule has 1 aliphatic rings. The van der Waals surface area contributed by atoms with Crippen LogP contribution in [0.5, 0.6) is 5.75 Å². The minimum absolute atomic E-state index is 0.148. The number of nitrogen functional groups attached to an aromatic ring is 1. The number of aryl methyl sites for hydroxylation is 2. The molecule has 4 nitrogen and oxygen atoms in total. The highest BCUT2D eigenvalue weighted by Gasteiger charge is 2.14. The summed E-state index contributed by atoms with van der Waals surface area (Å²) in [5.74, 6) is 0.512. The lowest BCUT2D eigenvalue weighted by molar-refractivity contribution is 0.102. The van der Waals surface area contributed by atoms with E-state index in [2.05, 4.69) is 5.32 Å². The molecular formula is C17H18N2O2. The highest BCUT2D eigenvalue weighted by molar-refractivity contribution is 6.06. The summed E-state index contributed by atoms with van der Waals surface area (Å²) >= 11 is 0. The minimum atomic E-state index is -0.148. The normalized spacial score (nSPS) is 12.8. The molecule has 3 rings (SSSR count). The molecule has 1 aliphatic carbocycles. The summed E-state index contributed by atoms with van der Waals surface area (Å²) < 4.78 is 5.15. The van der Waals surface area contributed by atoms with Gasteiger partial charge in [0.1, 0.15) is 5.75 Å². The lowest BCUT2D eigenvalue weighted by Gasteiger charge is -2.10. The molecule has 0 aliphatic heterocycles. The number of benzene rings is 2. The van der Waals surface area contributed by atoms with Crippen molar-refractivity contribution in [2.24, 2.45) is 0 Å². The number of amides is 1. The van der Waals surface area contributed by atoms with E-state index in [1.165, 1.54) is 17.5 Å². The molecule has 108 valence electrons. The average Bonchev–Trinajstić information content (AvgIpc) is 2.96. The topological polar surface area (TPSA) is 64.3 Å². The third kappa shape index (κ3) is 2.70. The lowest BCUT2D eigenvalue weighted by atomic mass is 10.1. The maximum absolute atomic E-state index is 12.4. The van der Waals surface area contributed by atoms with Crippen LogP contribution in [0.15, 0.2) is 36.4 Å². The summed E-state index contributed by atoms with van der Waals surface area (Å²) in [6, 6.07) is 11.1. The monoisotopic (exact) mass is 282 g/mol. The van der Waals surface area contributed by atoms with Crippen LogP contribution in [-0.4, -0.2) is 13.0 Å². The fraction of sp³-hybridized carbons (Fsp3) is 0.235. The summed E-state index contributed by atoms with van der Waals surface area (Å²) in [6.07, 6.45) is 3.33. The molecule has 0 aromatic heterocycles. The van der Waals surface area contributed by atoms with Crippen LogP contribution >= 0.6 is 0 Å². The van der Waals surface area contributed by atoms with Crippen LogP contribution in [-0.2, 0) is 12.8 Å². The molecule has 0 saturated heterocycles. The van der Waals surface area contributed by atoms with Gasteiger partial charge in [-0.15, -0.1) is 0 Å². The zero-order chi connectivity index (χ0) is 14.8. The number of hydrogen-bond acceptors (Lipinski definition) is 3. The van der Waals surface area contributed by atoms with Gasteiger partial charge >= 0.3 is 0 Å². The maximum Gasteiger partial charge on any atom is 0.255 e. The number of methoxy groups -OCH3 is 1. The highest BCUT2D eigenvalue weighted by atomic mass is 16.5. The summed E-state index contributed by atoms with van der Waals surface area (Å²) in [4.78, 5) is 12.4. The average molecular weight is 282 g/mol. The minimum Gasteiger partial charge on any atom is -0.497 e. The van der Waals surface area contributed by atoms with Crippen molar-refractivity contribution >= 4 is 17.3 Å². The Morgan fingerprint density at radius 3 is 2.76 bits per heavy atom. The fourth-order valence-corrected chi connectivity index (χ4v) is 2.68. The van der Waals surface area contributed by atoms with E-state index in [1.54, 1.807) is 25.3 Å². The van der Waals surface area contributed by atoms with E-state index < -0.39 is 0 Å². The Morgan fingerprint density at radius 2 is 1.95 bits per heavy atom. The standard InChI is InChI=1S/C17H18N2O2/c1-21-14-7-8-15(18)16(10-14)19-17(20)13-6-5-11-3-2-4-12(11)9-13/h5-10H,2-4,18H2,1H3,(H,19,20). The van der Waals surface area contributed by atoms with Gasteiger partial charge < -0.3 is 15.8 Å². The van der Waals surface area contributed by atoms with Crippen LogP contribution in [0.2, 0.25) is 0 Å². The van der Waals surface area contributed by atoms with Gasteiger partial charge in [0.25, 0.3) is 5.91 Å². The van der Waals surface area contributed by atoms with Crippen molar-refractivity contribution in [1.82, 2.24) is 0 Å². The van der Waals surface area contributed by atoms with Gasteiger partial charge in [0.15, 0.2) is 0 Å². The molecule has 4 heteroatoms. The van der Waals surface area contributed by atoms with Gasteiger partial charge in [0.05, 0.1) is 18.5 Å². The van der Waals surface area contributed by atoms with Gasteiger partial charge in [-0.2, -0.15) is 0 Å². The van der Waals surface area contributed by atoms with E-state index in [1.807, 2.05) is 18.2 Å². The highest BCUT2D eigenvalue weighted by Crippen LogP contribution is 2.26. The number of carbonyl (C=O) groups is 1. The van der Waals surface area contributed by atoms with Crippen molar-refractivity contribution < 1.29 is 9.53 Å². The molecule has 1 amide bonds. The zero-order valence-electron chi connectivity index (χ0n) is 12.0. The van der Waals surface area contributed by atoms with E-state index in [4.69, 9.17) is 10.5 Å². The smallest absolute Gasteiger partial charge is 0.255 e. The third-order valence-electron chi connectivity index (χ3n) is 3.87. The van der Waals surface area contributed by atoms with E-state index in [0.29, 0.717) is 22.7 Å². The number of carbonyl (C=O) groups excluding carboxylic acids is 1. The second kappa shape index (κ2) is 5.48. The molecular weight excluding hydrogens is 264 g/mol. The zero-order valence-corrected chi connectivity index (χ0v) is 12.0. The van der Waals surface area contributed by atoms with Crippen LogP contribution in [0, 0.1) is 0 Å². The number of anilines is 2. The Hall–Kier alpha value is -2.49. The Bertz CT molecular complexity index is 695. The molecule has 2 aromatic rings. The summed E-state index contributed by atoms with van der Waals surface area (Å²) in [7, 11) is 1.58. The SMILES string of the molecule is COc1ccc(N)c(NC(=O)c2ccc3c(c2)CCC3)c1. The van der Waals surface area contributed by atoms with Crippen LogP contribution < -0.4 is 15.8 Å². The first kappa shape index (κ1) is 13.5. The van der Waals surface area contributed by atoms with E-state index in [-0.39, 0.29) is 5.91 Å². The number of hydrogen-bond donors (Lipinski definition) is 2. The number of ether oxygens (including phenoxy) is 1. The first-order valence-electron chi connectivity index (χ1n) is 7.04. The number of rotatable bonds is 3. The fourth-order valence-electron chi connectivity index (χ4n) is 2.68. The van der Waals surface area contributed by atoms with E-state index in [0.717, 1.165) is 12.8 Å². The molecule has 0 spiro atoms. The molecule has 0 atom stereocenters. The Labute approximate surface area is 123 Å². The summed E-state index contributed by atoms with van der Waals surface area (Å²) in [5.41, 5.74) is 10.3. The molecule has 0 radical (unpaired) electrons. The lowest BCUT2D eigenvalue weighted by Crippen LogP contribution is -2.13. The predicted octanol–water partition coefficient (Wildman–Crippen LogP) is 3.02. The summed E-state index contributed by atoms with van der Waals surface area (Å²) in [5, 5.41) is 2.85. The molecule has 0 bridgehead atoms. The molecule has 0 saturated carbocycles. The first-order chi connectivity index (χ1) is 10.2. The van der Waals surface area contributed by atoms with Gasteiger partial charge in [0, 0.05) is 11.6 Å². The molecule has 0 unspecified atom stereocenters. The van der Waals surface area contributed by atoms with Gasteiger partial charge in [0.2, 0.25) is 0 Å². The van der Waals surface area contributed by atoms with Gasteiger partial charge in [-0.3, -0.25) is 4.79 Å². The van der Waals surface area contributed by atoms with Gasteiger partial charge in [-0.1, -0.05) is 6.07 Å². The van der Waals surface area contributed by atoms with Gasteiger partial charge in [-0.25, -0.2) is 0 Å². The Morgan fingerprint density at radius 1 is 1.14 bits per heavy atom. The Kier molecular flexibility index (Phi) is 3.52. The molecule has 21 heavy (non-hydrogen) atoms. The molecule has 3 N–H and O–H groups in total. The van der Waals surface area contributed by atoms with E-state index in [9.17, 15) is 4.79 Å². The predicted molar refractivity (Wildman–Crippen MR) is 83.8 cm³/mol. The number of nitrogens with two attached hydrogens (primary N) is 1. The number of nitrogens with one attached hydrogen (secondary N) is 1. The van der Waals surface area contributed by atoms with Crippen molar-refractivity contribution in [3.63, 3.8) is 0 Å². The molecule has 0 heterocycles. The third-order valence-corrected chi connectivity index (χ3v) is 3.87. The van der Waals surface area contributed by atoms with Crippen molar-refractivity contribution in [3.05, 3.63) is 53.1 Å².